The van der Waals surface area contributed by atoms with Gasteiger partial charge in [-0.15, -0.1) is 0 Å². The molecule has 0 unspecified atom stereocenters. The fourth-order valence-electron chi connectivity index (χ4n) is 3.38. The zero-order chi connectivity index (χ0) is 12.3. The van der Waals surface area contributed by atoms with Crippen LogP contribution in [-0.4, -0.2) is 54.8 Å². The summed E-state index contributed by atoms with van der Waals surface area (Å²) in [5, 5.41) is 0. The number of hydrogen-bond donors (Lipinski definition) is 1. The minimum Gasteiger partial charge on any atom is -0.303 e. The van der Waals surface area contributed by atoms with Gasteiger partial charge in [0.15, 0.2) is 0 Å². The van der Waals surface area contributed by atoms with E-state index in [-0.39, 0.29) is 0 Å². The number of rotatable bonds is 5. The summed E-state index contributed by atoms with van der Waals surface area (Å²) in [5.74, 6) is 1.07. The molecule has 0 aromatic carbocycles. The molecule has 2 fully saturated rings. The van der Waals surface area contributed by atoms with Gasteiger partial charge in [-0.3, -0.25) is 0 Å². The van der Waals surface area contributed by atoms with Crippen molar-refractivity contribution in [3.63, 3.8) is 0 Å². The summed E-state index contributed by atoms with van der Waals surface area (Å²) >= 11 is 4.57. The van der Waals surface area contributed by atoms with Gasteiger partial charge in [0.1, 0.15) is 0 Å². The summed E-state index contributed by atoms with van der Waals surface area (Å²) in [6, 6.07) is 0.815. The molecule has 0 spiro atoms. The predicted molar refractivity (Wildman–Crippen MR) is 77.9 cm³/mol. The highest BCUT2D eigenvalue weighted by Gasteiger charge is 2.37. The first kappa shape index (κ1) is 13.7. The van der Waals surface area contributed by atoms with Crippen molar-refractivity contribution in [3.05, 3.63) is 0 Å². The van der Waals surface area contributed by atoms with E-state index in [0.29, 0.717) is 5.41 Å². The lowest BCUT2D eigenvalue weighted by Gasteiger charge is -2.46. The first-order chi connectivity index (χ1) is 8.19. The standard InChI is InChI=1S/C14H28N2S/c1-3-16-9-5-13(6-10-16)15(2)11-14(12-17)7-4-8-14/h13,17H,3-12H2,1-2H3. The fourth-order valence-corrected chi connectivity index (χ4v) is 3.79. The van der Waals surface area contributed by atoms with Gasteiger partial charge in [0, 0.05) is 12.6 Å². The number of likely N-dealkylation sites (tertiary alicyclic amines) is 1. The zero-order valence-corrected chi connectivity index (χ0v) is 12.4. The maximum atomic E-state index is 4.57. The number of nitrogens with zero attached hydrogens (tertiary/aromatic N) is 2. The van der Waals surface area contributed by atoms with E-state index in [4.69, 9.17) is 0 Å². The lowest BCUT2D eigenvalue weighted by atomic mass is 9.69. The minimum absolute atomic E-state index is 0.555. The van der Waals surface area contributed by atoms with Crippen LogP contribution in [0.1, 0.15) is 39.0 Å². The normalized spacial score (nSPS) is 26.1. The smallest absolute Gasteiger partial charge is 0.0117 e. The van der Waals surface area contributed by atoms with E-state index in [9.17, 15) is 0 Å². The van der Waals surface area contributed by atoms with Crippen molar-refractivity contribution >= 4 is 12.6 Å². The van der Waals surface area contributed by atoms with Gasteiger partial charge >= 0.3 is 0 Å². The molecule has 0 radical (unpaired) electrons. The van der Waals surface area contributed by atoms with Gasteiger partial charge in [-0.2, -0.15) is 12.6 Å². The molecule has 0 N–H and O–H groups in total. The monoisotopic (exact) mass is 256 g/mol. The summed E-state index contributed by atoms with van der Waals surface area (Å²) in [7, 11) is 2.33. The molecule has 0 atom stereocenters. The summed E-state index contributed by atoms with van der Waals surface area (Å²) in [5.41, 5.74) is 0.555. The SMILES string of the molecule is CCN1CCC(N(C)CC2(CS)CCC2)CC1. The highest BCUT2D eigenvalue weighted by Crippen LogP contribution is 2.42. The molecule has 17 heavy (non-hydrogen) atoms. The van der Waals surface area contributed by atoms with Crippen LogP contribution in [0.15, 0.2) is 0 Å². The van der Waals surface area contributed by atoms with Crippen molar-refractivity contribution in [1.29, 1.82) is 0 Å². The molecule has 100 valence electrons. The van der Waals surface area contributed by atoms with Gasteiger partial charge < -0.3 is 9.80 Å². The van der Waals surface area contributed by atoms with Crippen molar-refractivity contribution in [2.24, 2.45) is 5.41 Å². The molecule has 0 aromatic rings. The molecule has 1 aliphatic heterocycles. The summed E-state index contributed by atoms with van der Waals surface area (Å²) < 4.78 is 0. The van der Waals surface area contributed by atoms with E-state index in [2.05, 4.69) is 36.4 Å². The second-order valence-corrected chi connectivity index (χ2v) is 6.41. The van der Waals surface area contributed by atoms with E-state index >= 15 is 0 Å². The number of hydrogen-bond acceptors (Lipinski definition) is 3. The molecule has 1 saturated carbocycles. The maximum Gasteiger partial charge on any atom is 0.0117 e. The topological polar surface area (TPSA) is 6.48 Å². The maximum absolute atomic E-state index is 4.57. The molecule has 2 aliphatic rings. The first-order valence-electron chi connectivity index (χ1n) is 7.22. The summed E-state index contributed by atoms with van der Waals surface area (Å²) in [4.78, 5) is 5.20. The van der Waals surface area contributed by atoms with Gasteiger partial charge in [0.25, 0.3) is 0 Å². The van der Waals surface area contributed by atoms with Crippen LogP contribution in [0.3, 0.4) is 0 Å². The lowest BCUT2D eigenvalue weighted by molar-refractivity contribution is 0.0562. The zero-order valence-electron chi connectivity index (χ0n) is 11.5. The Morgan fingerprint density at radius 2 is 1.94 bits per heavy atom. The molecule has 3 heteroatoms. The van der Waals surface area contributed by atoms with E-state index in [1.54, 1.807) is 0 Å². The van der Waals surface area contributed by atoms with Crippen LogP contribution in [-0.2, 0) is 0 Å². The van der Waals surface area contributed by atoms with Crippen LogP contribution in [0.4, 0.5) is 0 Å². The second-order valence-electron chi connectivity index (χ2n) is 6.09. The fraction of sp³-hybridized carbons (Fsp3) is 1.00. The molecule has 1 aliphatic carbocycles. The Morgan fingerprint density at radius 3 is 2.35 bits per heavy atom. The lowest BCUT2D eigenvalue weighted by Crippen LogP contribution is -2.49. The summed E-state index contributed by atoms with van der Waals surface area (Å²) in [6.07, 6.45) is 6.92. The van der Waals surface area contributed by atoms with Crippen molar-refractivity contribution in [2.75, 3.05) is 39.0 Å². The van der Waals surface area contributed by atoms with Gasteiger partial charge in [0.05, 0.1) is 0 Å². The van der Waals surface area contributed by atoms with Crippen LogP contribution in [0, 0.1) is 5.41 Å². The summed E-state index contributed by atoms with van der Waals surface area (Å²) in [6.45, 7) is 7.34. The molecule has 1 heterocycles. The highest BCUT2D eigenvalue weighted by molar-refractivity contribution is 7.80. The van der Waals surface area contributed by atoms with Crippen molar-refractivity contribution < 1.29 is 0 Å². The Balaban J connectivity index is 1.78. The van der Waals surface area contributed by atoms with Crippen LogP contribution < -0.4 is 0 Å². The Morgan fingerprint density at radius 1 is 1.29 bits per heavy atom. The van der Waals surface area contributed by atoms with Crippen LogP contribution >= 0.6 is 12.6 Å². The quantitative estimate of drug-likeness (QED) is 0.755. The van der Waals surface area contributed by atoms with E-state index in [1.165, 1.54) is 58.3 Å². The Hall–Kier alpha value is 0.270. The largest absolute Gasteiger partial charge is 0.303 e. The Kier molecular flexibility index (Phi) is 4.79. The third kappa shape index (κ3) is 3.18. The first-order valence-corrected chi connectivity index (χ1v) is 7.86. The van der Waals surface area contributed by atoms with Gasteiger partial charge in [-0.25, -0.2) is 0 Å². The Bertz CT molecular complexity index is 227. The van der Waals surface area contributed by atoms with Gasteiger partial charge in [-0.05, 0) is 63.5 Å². The molecular weight excluding hydrogens is 228 g/mol. The highest BCUT2D eigenvalue weighted by atomic mass is 32.1. The Labute approximate surface area is 112 Å². The van der Waals surface area contributed by atoms with E-state index in [1.807, 2.05) is 0 Å². The minimum atomic E-state index is 0.555. The van der Waals surface area contributed by atoms with E-state index < -0.39 is 0 Å². The van der Waals surface area contributed by atoms with Crippen molar-refractivity contribution in [2.45, 2.75) is 45.1 Å². The number of thiol groups is 1. The van der Waals surface area contributed by atoms with Gasteiger partial charge in [0.2, 0.25) is 0 Å². The van der Waals surface area contributed by atoms with Crippen molar-refractivity contribution in [1.82, 2.24) is 9.80 Å². The van der Waals surface area contributed by atoms with Crippen LogP contribution in [0.25, 0.3) is 0 Å². The average Bonchev–Trinajstić information content (AvgIpc) is 2.33. The molecule has 0 amide bonds. The third-order valence-corrected chi connectivity index (χ3v) is 5.63. The van der Waals surface area contributed by atoms with E-state index in [0.717, 1.165) is 11.8 Å². The number of piperidine rings is 1. The van der Waals surface area contributed by atoms with Crippen molar-refractivity contribution in [3.8, 4) is 0 Å². The average molecular weight is 256 g/mol. The van der Waals surface area contributed by atoms with Crippen LogP contribution in [0.2, 0.25) is 0 Å². The molecule has 2 nitrogen and oxygen atoms in total. The molecule has 1 saturated heterocycles. The molecule has 0 aromatic heterocycles. The second kappa shape index (κ2) is 5.94. The molecular formula is C14H28N2S. The predicted octanol–water partition coefficient (Wildman–Crippen LogP) is 2.50. The molecule has 2 rings (SSSR count). The third-order valence-electron chi connectivity index (χ3n) is 4.96. The van der Waals surface area contributed by atoms with Crippen LogP contribution in [0.5, 0.6) is 0 Å². The van der Waals surface area contributed by atoms with Gasteiger partial charge in [-0.1, -0.05) is 13.3 Å². The molecule has 0 bridgehead atoms.